The van der Waals surface area contributed by atoms with Crippen molar-refractivity contribution >= 4 is 27.8 Å². The minimum Gasteiger partial charge on any atom is -0.480 e. The highest BCUT2D eigenvalue weighted by Crippen LogP contribution is 2.12. The number of aliphatic carboxylic acids is 1. The van der Waals surface area contributed by atoms with Crippen molar-refractivity contribution in [3.63, 3.8) is 0 Å². The minimum atomic E-state index is -1.01. The Bertz CT molecular complexity index is 446. The van der Waals surface area contributed by atoms with Crippen molar-refractivity contribution in [2.45, 2.75) is 26.3 Å². The number of carbonyl (C=O) groups is 2. The lowest BCUT2D eigenvalue weighted by atomic mass is 10.0. The average molecular weight is 314 g/mol. The normalized spacial score (nSPS) is 12.2. The van der Waals surface area contributed by atoms with Gasteiger partial charge in [0, 0.05) is 10.0 Å². The summed E-state index contributed by atoms with van der Waals surface area (Å²) in [7, 11) is 0. The fourth-order valence-electron chi connectivity index (χ4n) is 1.56. The van der Waals surface area contributed by atoms with Gasteiger partial charge in [0.25, 0.3) is 5.91 Å². The molecule has 1 aromatic rings. The number of hydrogen-bond donors (Lipinski definition) is 2. The standard InChI is InChI=1S/C13H16BrNO3/c1-8(2)6-11(13(17)18)15-12(16)9-4-3-5-10(14)7-9/h3-5,7-8,11H,6H2,1-2H3,(H,15,16)(H,17,18)/t11-/m1/s1. The summed E-state index contributed by atoms with van der Waals surface area (Å²) in [6.45, 7) is 3.84. The van der Waals surface area contributed by atoms with Gasteiger partial charge in [-0.2, -0.15) is 0 Å². The second-order valence-electron chi connectivity index (χ2n) is 4.50. The second kappa shape index (κ2) is 6.54. The monoisotopic (exact) mass is 313 g/mol. The Kier molecular flexibility index (Phi) is 5.34. The van der Waals surface area contributed by atoms with E-state index in [0.29, 0.717) is 12.0 Å². The van der Waals surface area contributed by atoms with Crippen LogP contribution in [0.1, 0.15) is 30.6 Å². The van der Waals surface area contributed by atoms with Gasteiger partial charge in [-0.05, 0) is 30.5 Å². The third-order valence-corrected chi connectivity index (χ3v) is 2.89. The average Bonchev–Trinajstić information content (AvgIpc) is 2.27. The van der Waals surface area contributed by atoms with Gasteiger partial charge in [0.05, 0.1) is 0 Å². The van der Waals surface area contributed by atoms with Crippen LogP contribution in [0, 0.1) is 5.92 Å². The molecule has 0 aliphatic heterocycles. The molecule has 1 atom stereocenters. The van der Waals surface area contributed by atoms with E-state index in [0.717, 1.165) is 4.47 Å². The van der Waals surface area contributed by atoms with Gasteiger partial charge in [0.2, 0.25) is 0 Å². The van der Waals surface area contributed by atoms with E-state index < -0.39 is 12.0 Å². The van der Waals surface area contributed by atoms with Crippen molar-refractivity contribution in [3.05, 3.63) is 34.3 Å². The van der Waals surface area contributed by atoms with Crippen molar-refractivity contribution in [2.24, 2.45) is 5.92 Å². The van der Waals surface area contributed by atoms with Crippen molar-refractivity contribution in [2.75, 3.05) is 0 Å². The summed E-state index contributed by atoms with van der Waals surface area (Å²) in [6.07, 6.45) is 0.412. The molecule has 0 bridgehead atoms. The molecule has 1 aromatic carbocycles. The van der Waals surface area contributed by atoms with Crippen molar-refractivity contribution in [3.8, 4) is 0 Å². The molecule has 0 heterocycles. The molecule has 0 aliphatic rings. The lowest BCUT2D eigenvalue weighted by Gasteiger charge is -2.16. The molecular formula is C13H16BrNO3. The van der Waals surface area contributed by atoms with E-state index in [2.05, 4.69) is 21.2 Å². The Hall–Kier alpha value is -1.36. The number of carboxylic acids is 1. The maximum atomic E-state index is 11.9. The molecule has 0 saturated heterocycles. The van der Waals surface area contributed by atoms with Crippen molar-refractivity contribution in [1.29, 1.82) is 0 Å². The van der Waals surface area contributed by atoms with Gasteiger partial charge < -0.3 is 10.4 Å². The van der Waals surface area contributed by atoms with Crippen LogP contribution in [0.5, 0.6) is 0 Å². The van der Waals surface area contributed by atoms with Crippen LogP contribution in [0.2, 0.25) is 0 Å². The highest BCUT2D eigenvalue weighted by atomic mass is 79.9. The topological polar surface area (TPSA) is 66.4 Å². The maximum absolute atomic E-state index is 11.9. The lowest BCUT2D eigenvalue weighted by molar-refractivity contribution is -0.139. The fraction of sp³-hybridized carbons (Fsp3) is 0.385. The van der Waals surface area contributed by atoms with Crippen LogP contribution in [0.4, 0.5) is 0 Å². The number of benzene rings is 1. The Morgan fingerprint density at radius 3 is 2.56 bits per heavy atom. The second-order valence-corrected chi connectivity index (χ2v) is 5.42. The van der Waals surface area contributed by atoms with Crippen LogP contribution in [0.15, 0.2) is 28.7 Å². The number of amides is 1. The zero-order valence-corrected chi connectivity index (χ0v) is 11.9. The first-order valence-electron chi connectivity index (χ1n) is 5.69. The molecule has 5 heteroatoms. The molecule has 1 amide bonds. The van der Waals surface area contributed by atoms with E-state index in [-0.39, 0.29) is 11.8 Å². The van der Waals surface area contributed by atoms with Gasteiger partial charge >= 0.3 is 5.97 Å². The van der Waals surface area contributed by atoms with Gasteiger partial charge in [-0.25, -0.2) is 4.79 Å². The number of carboxylic acid groups (broad SMARTS) is 1. The van der Waals surface area contributed by atoms with Crippen LogP contribution in [0.3, 0.4) is 0 Å². The third kappa shape index (κ3) is 4.49. The first-order valence-corrected chi connectivity index (χ1v) is 6.48. The third-order valence-electron chi connectivity index (χ3n) is 2.40. The molecule has 0 aliphatic carbocycles. The Balaban J connectivity index is 2.75. The zero-order valence-electron chi connectivity index (χ0n) is 10.3. The molecule has 0 aromatic heterocycles. The smallest absolute Gasteiger partial charge is 0.326 e. The molecule has 4 nitrogen and oxygen atoms in total. The molecule has 18 heavy (non-hydrogen) atoms. The predicted octanol–water partition coefficient (Wildman–Crippen LogP) is 2.68. The molecule has 98 valence electrons. The van der Waals surface area contributed by atoms with Crippen LogP contribution >= 0.6 is 15.9 Å². The molecule has 0 fully saturated rings. The zero-order chi connectivity index (χ0) is 13.7. The molecule has 0 spiro atoms. The lowest BCUT2D eigenvalue weighted by Crippen LogP contribution is -2.41. The maximum Gasteiger partial charge on any atom is 0.326 e. The Labute approximate surface area is 115 Å². The number of nitrogens with one attached hydrogen (secondary N) is 1. The summed E-state index contributed by atoms with van der Waals surface area (Å²) in [5.74, 6) is -1.18. The van der Waals surface area contributed by atoms with E-state index in [1.807, 2.05) is 13.8 Å². The SMILES string of the molecule is CC(C)C[C@@H](NC(=O)c1cccc(Br)c1)C(=O)O. The van der Waals surface area contributed by atoms with E-state index in [1.54, 1.807) is 24.3 Å². The van der Waals surface area contributed by atoms with E-state index >= 15 is 0 Å². The van der Waals surface area contributed by atoms with Crippen LogP contribution in [-0.4, -0.2) is 23.0 Å². The van der Waals surface area contributed by atoms with Crippen molar-refractivity contribution in [1.82, 2.24) is 5.32 Å². The van der Waals surface area contributed by atoms with Gasteiger partial charge in [0.15, 0.2) is 0 Å². The van der Waals surface area contributed by atoms with Gasteiger partial charge in [-0.15, -0.1) is 0 Å². The van der Waals surface area contributed by atoms with E-state index in [4.69, 9.17) is 5.11 Å². The molecule has 0 saturated carbocycles. The highest BCUT2D eigenvalue weighted by Gasteiger charge is 2.21. The summed E-state index contributed by atoms with van der Waals surface area (Å²) in [5, 5.41) is 11.6. The Morgan fingerprint density at radius 1 is 1.39 bits per heavy atom. The van der Waals surface area contributed by atoms with Crippen molar-refractivity contribution < 1.29 is 14.7 Å². The molecule has 0 radical (unpaired) electrons. The van der Waals surface area contributed by atoms with Gasteiger partial charge in [0.1, 0.15) is 6.04 Å². The molecule has 0 unspecified atom stereocenters. The molecule has 2 N–H and O–H groups in total. The number of hydrogen-bond acceptors (Lipinski definition) is 2. The minimum absolute atomic E-state index is 0.203. The van der Waals surface area contributed by atoms with E-state index in [9.17, 15) is 9.59 Å². The number of carbonyl (C=O) groups excluding carboxylic acids is 1. The Morgan fingerprint density at radius 2 is 2.06 bits per heavy atom. The summed E-state index contributed by atoms with van der Waals surface area (Å²) in [6, 6.07) is 5.99. The largest absolute Gasteiger partial charge is 0.480 e. The van der Waals surface area contributed by atoms with E-state index in [1.165, 1.54) is 0 Å². The summed E-state index contributed by atoms with van der Waals surface area (Å²) in [4.78, 5) is 22.9. The first kappa shape index (κ1) is 14.7. The quantitative estimate of drug-likeness (QED) is 0.878. The van der Waals surface area contributed by atoms with Gasteiger partial charge in [-0.1, -0.05) is 35.8 Å². The molecule has 1 rings (SSSR count). The number of halogens is 1. The predicted molar refractivity (Wildman–Crippen MR) is 72.5 cm³/mol. The number of rotatable bonds is 5. The summed E-state index contributed by atoms with van der Waals surface area (Å²) >= 11 is 3.27. The van der Waals surface area contributed by atoms with Crippen LogP contribution < -0.4 is 5.32 Å². The van der Waals surface area contributed by atoms with Gasteiger partial charge in [-0.3, -0.25) is 4.79 Å². The first-order chi connectivity index (χ1) is 8.40. The van der Waals surface area contributed by atoms with Crippen LogP contribution in [-0.2, 0) is 4.79 Å². The summed E-state index contributed by atoms with van der Waals surface area (Å²) < 4.78 is 0.783. The molecular weight excluding hydrogens is 298 g/mol. The highest BCUT2D eigenvalue weighted by molar-refractivity contribution is 9.10. The fourth-order valence-corrected chi connectivity index (χ4v) is 1.96. The summed E-state index contributed by atoms with van der Waals surface area (Å²) in [5.41, 5.74) is 0.444. The van der Waals surface area contributed by atoms with Crippen LogP contribution in [0.25, 0.3) is 0 Å².